The smallest absolute Gasteiger partial charge is 0.328 e. The van der Waals surface area contributed by atoms with Gasteiger partial charge in [0.2, 0.25) is 0 Å². The first-order chi connectivity index (χ1) is 47.5. The number of aromatic nitrogens is 6. The molecule has 0 spiro atoms. The lowest BCUT2D eigenvalue weighted by molar-refractivity contribution is -0.143. The maximum atomic E-state index is 13.5. The number of phenols is 1. The molecule has 5 atom stereocenters. The third-order valence-corrected chi connectivity index (χ3v) is 21.6. The molecule has 5 aromatic carbocycles. The number of nitrogens with zero attached hydrogens (tertiary/aromatic N) is 6. The van der Waals surface area contributed by atoms with Gasteiger partial charge in [-0.3, -0.25) is 28.4 Å². The van der Waals surface area contributed by atoms with Crippen LogP contribution in [0.25, 0.3) is 0 Å². The molecule has 3 fully saturated rings. The Morgan fingerprint density at radius 1 is 0.531 bits per heavy atom. The van der Waals surface area contributed by atoms with Crippen molar-refractivity contribution in [3.63, 3.8) is 0 Å². The van der Waals surface area contributed by atoms with Crippen molar-refractivity contribution in [2.45, 2.75) is 206 Å². The zero-order valence-electron chi connectivity index (χ0n) is 57.3. The lowest BCUT2D eigenvalue weighted by Crippen LogP contribution is -2.52. The molecule has 6 aliphatic rings. The van der Waals surface area contributed by atoms with Crippen molar-refractivity contribution in [3.05, 3.63) is 218 Å². The normalized spacial score (nSPS) is 19.5. The van der Waals surface area contributed by atoms with E-state index in [4.69, 9.17) is 14.6 Å². The third-order valence-electron chi connectivity index (χ3n) is 21.6. The van der Waals surface area contributed by atoms with Crippen LogP contribution in [-0.2, 0) is 85.4 Å². The number of amides is 3. The zero-order chi connectivity index (χ0) is 68.3. The minimum Gasteiger partial charge on any atom is -0.508 e. The van der Waals surface area contributed by atoms with Crippen LogP contribution in [0, 0.1) is 16.7 Å². The van der Waals surface area contributed by atoms with Crippen molar-refractivity contribution in [3.8, 4) is 11.5 Å². The van der Waals surface area contributed by atoms with Crippen LogP contribution in [0.4, 0.5) is 0 Å². The summed E-state index contributed by atoms with van der Waals surface area (Å²) in [4.78, 5) is 64.4. The van der Waals surface area contributed by atoms with Gasteiger partial charge in [0.1, 0.15) is 30.2 Å². The van der Waals surface area contributed by atoms with E-state index in [-0.39, 0.29) is 47.3 Å². The molecule has 18 heteroatoms. The Kier molecular flexibility index (Phi) is 21.7. The highest BCUT2D eigenvalue weighted by molar-refractivity contribution is 5.98. The van der Waals surface area contributed by atoms with Crippen LogP contribution in [0.3, 0.4) is 0 Å². The fourth-order valence-electron chi connectivity index (χ4n) is 16.3. The number of phenolic OH excluding ortho intramolecular Hbond substituents is 1. The van der Waals surface area contributed by atoms with Crippen LogP contribution in [0.5, 0.6) is 11.5 Å². The van der Waals surface area contributed by atoms with Crippen molar-refractivity contribution in [1.29, 1.82) is 0 Å². The van der Waals surface area contributed by atoms with Gasteiger partial charge in [-0.2, -0.15) is 15.3 Å². The summed E-state index contributed by atoms with van der Waals surface area (Å²) in [6, 6.07) is 42.6. The summed E-state index contributed by atoms with van der Waals surface area (Å²) in [6.07, 6.45) is 22.7. The molecule has 3 amide bonds. The van der Waals surface area contributed by atoms with Crippen LogP contribution in [-0.4, -0.2) is 94.4 Å². The quantitative estimate of drug-likeness (QED) is 0.0448. The molecule has 3 aromatic heterocycles. The highest BCUT2D eigenvalue weighted by Crippen LogP contribution is 2.62. The molecule has 8 aromatic rings. The van der Waals surface area contributed by atoms with Crippen molar-refractivity contribution in [2.24, 2.45) is 16.7 Å². The third kappa shape index (κ3) is 16.0. The standard InChI is InChI=1S/C31H31N3O4.C25H27N3O4.C24H37N3O/c35-30(29-26-13-7-8-14-28(26)34(33-29)20-23-9-3-1-4-10-23)32-27(31(36)37)19-22-15-17-25(18-16-22)38-21-24-11-5-2-6-12-24;1-32-25(31)21(15-17-11-13-19(29)14-12-17)26-24(30)23-20-9-5-6-10-22(20)28(27-23)16-18-7-3-2-4-8-18;1-23(2)16-13-14-24(3,15-16)22(23)25-21(28)20-18-11-7-8-12-19(18)27(26-20)17-9-5-4-6-10-17/h1-6,9-12,15-18,27H,7-8,13-14,19-21H2,(H,32,35)(H,36,37);2-4,7-8,11-14,21,29H,5-6,9-10,15-16H2,1H3,(H,26,30);16-17,22H,4-15H2,1-3H3,(H,25,28). The van der Waals surface area contributed by atoms with Crippen LogP contribution in [0.1, 0.15) is 210 Å². The Hall–Kier alpha value is -9.32. The summed E-state index contributed by atoms with van der Waals surface area (Å²) in [5.41, 5.74) is 13.5. The number of carbonyl (C=O) groups excluding carboxylic acids is 4. The average molecular weight is 1330 g/mol. The highest BCUT2D eigenvalue weighted by atomic mass is 16.5. The van der Waals surface area contributed by atoms with Gasteiger partial charge in [-0.25, -0.2) is 9.59 Å². The molecule has 3 saturated carbocycles. The second-order valence-corrected chi connectivity index (χ2v) is 28.7. The monoisotopic (exact) mass is 1330 g/mol. The van der Waals surface area contributed by atoms with Crippen molar-refractivity contribution in [1.82, 2.24) is 45.3 Å². The lowest BCUT2D eigenvalue weighted by Gasteiger charge is -2.43. The maximum Gasteiger partial charge on any atom is 0.328 e. The molecule has 14 rings (SSSR count). The van der Waals surface area contributed by atoms with E-state index in [2.05, 4.69) is 51.6 Å². The topological polar surface area (TPSA) is 234 Å². The number of nitrogens with one attached hydrogen (secondary N) is 3. The molecule has 5 N–H and O–H groups in total. The van der Waals surface area contributed by atoms with Gasteiger partial charge in [-0.05, 0) is 178 Å². The number of esters is 1. The first kappa shape index (κ1) is 68.6. The molecule has 3 heterocycles. The summed E-state index contributed by atoms with van der Waals surface area (Å²) in [6.45, 7) is 8.76. The second-order valence-electron chi connectivity index (χ2n) is 28.7. The van der Waals surface area contributed by atoms with E-state index in [1.807, 2.05) is 125 Å². The molecule has 0 aliphatic heterocycles. The molecule has 0 radical (unpaired) electrons. The summed E-state index contributed by atoms with van der Waals surface area (Å²) in [5.74, 6) is -0.734. The van der Waals surface area contributed by atoms with Crippen molar-refractivity contribution >= 4 is 29.7 Å². The zero-order valence-corrected chi connectivity index (χ0v) is 57.3. The van der Waals surface area contributed by atoms with E-state index in [1.54, 1.807) is 24.3 Å². The minimum atomic E-state index is -1.08. The molecular weight excluding hydrogens is 1230 g/mol. The maximum absolute atomic E-state index is 13.5. The summed E-state index contributed by atoms with van der Waals surface area (Å²) < 4.78 is 16.9. The lowest BCUT2D eigenvalue weighted by atomic mass is 9.68. The van der Waals surface area contributed by atoms with E-state index in [0.29, 0.717) is 42.9 Å². The van der Waals surface area contributed by atoms with Crippen LogP contribution >= 0.6 is 0 Å². The first-order valence-corrected chi connectivity index (χ1v) is 35.6. The SMILES string of the molecule is CC12CCC(C1)C(C)(C)C2NC(=O)c1nn(C2CCCCC2)c2c1CCCC2.COC(=O)C(Cc1ccc(O)cc1)NC(=O)c1nn(Cc2ccccc2)c2c1CCCC2.O=C(NC(Cc1ccc(OCc2ccccc2)cc1)C(=O)O)c1nn(Cc2ccccc2)c2c1CCCC2. The largest absolute Gasteiger partial charge is 0.508 e. The van der Waals surface area contributed by atoms with Crippen LogP contribution in [0.2, 0.25) is 0 Å². The molecule has 5 unspecified atom stereocenters. The Balaban J connectivity index is 0.000000141. The number of aromatic hydroxyl groups is 1. The van der Waals surface area contributed by atoms with Gasteiger partial charge >= 0.3 is 11.9 Å². The molecule has 0 saturated heterocycles. The number of aliphatic carboxylic acids is 1. The van der Waals surface area contributed by atoms with E-state index in [1.165, 1.54) is 82.6 Å². The van der Waals surface area contributed by atoms with E-state index >= 15 is 0 Å². The number of methoxy groups -OCH3 is 1. The second kappa shape index (κ2) is 31.0. The number of carbonyl (C=O) groups is 5. The molecule has 6 aliphatic carbocycles. The van der Waals surface area contributed by atoms with Gasteiger partial charge in [-0.15, -0.1) is 0 Å². The first-order valence-electron chi connectivity index (χ1n) is 35.6. The van der Waals surface area contributed by atoms with E-state index in [9.17, 15) is 34.2 Å². The van der Waals surface area contributed by atoms with Gasteiger partial charge in [0.25, 0.3) is 17.7 Å². The predicted octanol–water partition coefficient (Wildman–Crippen LogP) is 13.1. The molecule has 98 heavy (non-hydrogen) atoms. The van der Waals surface area contributed by atoms with Gasteiger partial charge in [-0.1, -0.05) is 155 Å². The predicted molar refractivity (Wildman–Crippen MR) is 375 cm³/mol. The summed E-state index contributed by atoms with van der Waals surface area (Å²) >= 11 is 0. The molecule has 2 bridgehead atoms. The van der Waals surface area contributed by atoms with E-state index < -0.39 is 29.9 Å². The van der Waals surface area contributed by atoms with Crippen molar-refractivity contribution < 1.29 is 43.7 Å². The molecular formula is C80H95N9O9. The Morgan fingerprint density at radius 2 is 1.00 bits per heavy atom. The Labute approximate surface area is 575 Å². The number of benzene rings is 5. The fraction of sp³-hybridized carbons (Fsp3) is 0.450. The fourth-order valence-corrected chi connectivity index (χ4v) is 16.3. The highest BCUT2D eigenvalue weighted by Gasteiger charge is 2.60. The van der Waals surface area contributed by atoms with Crippen LogP contribution < -0.4 is 20.7 Å². The number of rotatable bonds is 20. The molecule has 514 valence electrons. The average Bonchev–Trinajstić information content (AvgIpc) is 1.57. The van der Waals surface area contributed by atoms with Gasteiger partial charge in [0.05, 0.1) is 26.2 Å². The minimum absolute atomic E-state index is 0.0968. The van der Waals surface area contributed by atoms with Crippen LogP contribution in [0.15, 0.2) is 140 Å². The number of carboxylic acid groups (broad SMARTS) is 1. The van der Waals surface area contributed by atoms with Gasteiger partial charge < -0.3 is 35.6 Å². The number of fused-ring (bicyclic) bond motifs is 5. The number of carboxylic acids is 1. The van der Waals surface area contributed by atoms with Crippen molar-refractivity contribution in [2.75, 3.05) is 7.11 Å². The number of ether oxygens (including phenoxy) is 2. The Morgan fingerprint density at radius 3 is 1.51 bits per heavy atom. The number of hydrogen-bond donors (Lipinski definition) is 5. The van der Waals surface area contributed by atoms with E-state index in [0.717, 1.165) is 126 Å². The number of hydrogen-bond acceptors (Lipinski definition) is 11. The Bertz CT molecular complexity index is 4060. The summed E-state index contributed by atoms with van der Waals surface area (Å²) in [5, 5.41) is 42.7. The molecule has 18 nitrogen and oxygen atoms in total. The summed E-state index contributed by atoms with van der Waals surface area (Å²) in [7, 11) is 1.30. The van der Waals surface area contributed by atoms with Gasteiger partial charge in [0, 0.05) is 52.7 Å². The van der Waals surface area contributed by atoms with Gasteiger partial charge in [0.15, 0.2) is 17.1 Å².